The molecule has 1 aromatic heterocycles. The lowest BCUT2D eigenvalue weighted by Gasteiger charge is -2.23. The van der Waals surface area contributed by atoms with E-state index in [9.17, 15) is 4.79 Å². The second kappa shape index (κ2) is 8.19. The molecule has 0 fully saturated rings. The zero-order valence-corrected chi connectivity index (χ0v) is 15.2. The zero-order chi connectivity index (χ0) is 17.6. The van der Waals surface area contributed by atoms with Gasteiger partial charge in [-0.3, -0.25) is 5.10 Å². The molecular weight excluding hydrogens is 312 g/mol. The molecule has 5 heteroatoms. The lowest BCUT2D eigenvalue weighted by molar-refractivity contribution is 0.201. The second-order valence-electron chi connectivity index (χ2n) is 6.87. The van der Waals surface area contributed by atoms with Crippen LogP contribution < -0.4 is 5.32 Å². The van der Waals surface area contributed by atoms with E-state index in [0.717, 1.165) is 30.5 Å². The maximum atomic E-state index is 12.6. The average Bonchev–Trinajstić information content (AvgIpc) is 2.86. The van der Waals surface area contributed by atoms with Gasteiger partial charge in [-0.2, -0.15) is 5.10 Å². The summed E-state index contributed by atoms with van der Waals surface area (Å²) in [5.74, 6) is 0. The number of aromatic amines is 1. The fraction of sp³-hybridized carbons (Fsp3) is 0.500. The molecule has 2 aromatic rings. The molecule has 5 nitrogen and oxygen atoms in total. The third kappa shape index (κ3) is 4.21. The monoisotopic (exact) mass is 340 g/mol. The van der Waals surface area contributed by atoms with Crippen LogP contribution in [-0.4, -0.2) is 28.2 Å². The minimum atomic E-state index is -0.0546. The maximum absolute atomic E-state index is 12.6. The van der Waals surface area contributed by atoms with E-state index in [1.165, 1.54) is 30.5 Å². The number of fused-ring (bicyclic) bond motifs is 1. The van der Waals surface area contributed by atoms with Gasteiger partial charge >= 0.3 is 6.03 Å². The van der Waals surface area contributed by atoms with Crippen molar-refractivity contribution < 1.29 is 4.79 Å². The minimum absolute atomic E-state index is 0.0347. The Kier molecular flexibility index (Phi) is 5.74. The van der Waals surface area contributed by atoms with Crippen molar-refractivity contribution in [3.8, 4) is 0 Å². The number of rotatable bonds is 5. The highest BCUT2D eigenvalue weighted by molar-refractivity contribution is 5.74. The maximum Gasteiger partial charge on any atom is 0.317 e. The molecule has 2 amide bonds. The van der Waals surface area contributed by atoms with Crippen LogP contribution in [0, 0.1) is 0 Å². The second-order valence-corrected chi connectivity index (χ2v) is 6.87. The number of hydrogen-bond donors (Lipinski definition) is 2. The van der Waals surface area contributed by atoms with Crippen LogP contribution in [0.25, 0.3) is 0 Å². The first-order valence-corrected chi connectivity index (χ1v) is 9.30. The number of nitrogens with zero attached hydrogens (tertiary/aromatic N) is 2. The van der Waals surface area contributed by atoms with Crippen molar-refractivity contribution in [2.45, 2.75) is 58.0 Å². The topological polar surface area (TPSA) is 61.0 Å². The van der Waals surface area contributed by atoms with Gasteiger partial charge in [0.25, 0.3) is 0 Å². The third-order valence-corrected chi connectivity index (χ3v) is 5.03. The summed E-state index contributed by atoms with van der Waals surface area (Å²) >= 11 is 0. The molecule has 0 bridgehead atoms. The van der Waals surface area contributed by atoms with Gasteiger partial charge in [0, 0.05) is 12.7 Å². The molecule has 0 spiro atoms. The van der Waals surface area contributed by atoms with Gasteiger partial charge in [-0.25, -0.2) is 4.79 Å². The van der Waals surface area contributed by atoms with E-state index in [1.807, 2.05) is 25.2 Å². The summed E-state index contributed by atoms with van der Waals surface area (Å²) in [7, 11) is 1.84. The van der Waals surface area contributed by atoms with E-state index < -0.39 is 0 Å². The van der Waals surface area contributed by atoms with Crippen LogP contribution in [0.5, 0.6) is 0 Å². The number of nitrogens with one attached hydrogen (secondary N) is 2. The molecule has 0 radical (unpaired) electrons. The predicted molar refractivity (Wildman–Crippen MR) is 99.3 cm³/mol. The van der Waals surface area contributed by atoms with Crippen molar-refractivity contribution in [3.05, 3.63) is 52.8 Å². The van der Waals surface area contributed by atoms with Crippen LogP contribution in [0.2, 0.25) is 0 Å². The van der Waals surface area contributed by atoms with Gasteiger partial charge in [0.05, 0.1) is 18.3 Å². The summed E-state index contributed by atoms with van der Waals surface area (Å²) in [5.41, 5.74) is 4.74. The minimum Gasteiger partial charge on any atom is -0.331 e. The number of H-pyrrole nitrogens is 1. The van der Waals surface area contributed by atoms with Gasteiger partial charge in [0.15, 0.2) is 0 Å². The van der Waals surface area contributed by atoms with Crippen molar-refractivity contribution in [3.63, 3.8) is 0 Å². The molecule has 1 heterocycles. The Morgan fingerprint density at radius 1 is 1.24 bits per heavy atom. The van der Waals surface area contributed by atoms with Crippen molar-refractivity contribution >= 4 is 6.03 Å². The Bertz CT molecular complexity index is 695. The Labute approximate surface area is 149 Å². The molecule has 1 aromatic carbocycles. The highest BCUT2D eigenvalue weighted by Crippen LogP contribution is 2.22. The Balaban J connectivity index is 1.64. The van der Waals surface area contributed by atoms with Gasteiger partial charge in [-0.05, 0) is 43.2 Å². The largest absolute Gasteiger partial charge is 0.331 e. The third-order valence-electron chi connectivity index (χ3n) is 5.03. The quantitative estimate of drug-likeness (QED) is 0.809. The molecule has 25 heavy (non-hydrogen) atoms. The van der Waals surface area contributed by atoms with E-state index in [4.69, 9.17) is 0 Å². The average molecular weight is 340 g/mol. The molecule has 134 valence electrons. The fourth-order valence-corrected chi connectivity index (χ4v) is 3.52. The molecule has 1 aliphatic carbocycles. The molecule has 0 saturated heterocycles. The summed E-state index contributed by atoms with van der Waals surface area (Å²) in [6, 6.07) is 10.1. The van der Waals surface area contributed by atoms with E-state index in [1.54, 1.807) is 4.90 Å². The van der Waals surface area contributed by atoms with Crippen molar-refractivity contribution in [2.24, 2.45) is 0 Å². The predicted octanol–water partition coefficient (Wildman–Crippen LogP) is 3.97. The summed E-state index contributed by atoms with van der Waals surface area (Å²) in [6.07, 6.45) is 6.71. The highest BCUT2D eigenvalue weighted by atomic mass is 16.2. The fourth-order valence-electron chi connectivity index (χ4n) is 3.52. The SMILES string of the molecule is CCC(NC(=O)N(C)Cc1n[nH]c2c1CCCCC2)c1ccccc1. The van der Waals surface area contributed by atoms with E-state index in [0.29, 0.717) is 6.54 Å². The number of carbonyl (C=O) groups excluding carboxylic acids is 1. The molecule has 2 N–H and O–H groups in total. The standard InChI is InChI=1S/C20H28N4O/c1-3-17(15-10-6-4-7-11-15)21-20(25)24(2)14-19-16-12-8-5-9-13-18(16)22-23-19/h4,6-7,10-11,17H,3,5,8-9,12-14H2,1-2H3,(H,21,25)(H,22,23). The number of aryl methyl sites for hydroxylation is 1. The van der Waals surface area contributed by atoms with Gasteiger partial charge in [0.2, 0.25) is 0 Å². The van der Waals surface area contributed by atoms with Crippen LogP contribution in [-0.2, 0) is 19.4 Å². The van der Waals surface area contributed by atoms with Gasteiger partial charge < -0.3 is 10.2 Å². The number of hydrogen-bond acceptors (Lipinski definition) is 2. The number of carbonyl (C=O) groups is 1. The zero-order valence-electron chi connectivity index (χ0n) is 15.2. The molecular formula is C20H28N4O. The van der Waals surface area contributed by atoms with E-state index in [-0.39, 0.29) is 12.1 Å². The number of urea groups is 1. The highest BCUT2D eigenvalue weighted by Gasteiger charge is 2.20. The summed E-state index contributed by atoms with van der Waals surface area (Å²) in [6.45, 7) is 2.63. The van der Waals surface area contributed by atoms with Crippen molar-refractivity contribution in [1.29, 1.82) is 0 Å². The molecule has 1 aliphatic rings. The molecule has 3 rings (SSSR count). The summed E-state index contributed by atoms with van der Waals surface area (Å²) < 4.78 is 0. The lowest BCUT2D eigenvalue weighted by atomic mass is 10.1. The number of amides is 2. The molecule has 1 atom stereocenters. The molecule has 0 saturated carbocycles. The Morgan fingerprint density at radius 3 is 2.76 bits per heavy atom. The van der Waals surface area contributed by atoms with Crippen LogP contribution in [0.4, 0.5) is 4.79 Å². The lowest BCUT2D eigenvalue weighted by Crippen LogP contribution is -2.39. The summed E-state index contributed by atoms with van der Waals surface area (Å²) in [5, 5.41) is 10.8. The normalized spacial score (nSPS) is 15.1. The number of benzene rings is 1. The number of aromatic nitrogens is 2. The summed E-state index contributed by atoms with van der Waals surface area (Å²) in [4.78, 5) is 14.4. The Hall–Kier alpha value is -2.30. The van der Waals surface area contributed by atoms with Gasteiger partial charge in [-0.15, -0.1) is 0 Å². The van der Waals surface area contributed by atoms with Gasteiger partial charge in [0.1, 0.15) is 0 Å². The first-order chi connectivity index (χ1) is 12.2. The van der Waals surface area contributed by atoms with Gasteiger partial charge in [-0.1, -0.05) is 43.7 Å². The smallest absolute Gasteiger partial charge is 0.317 e. The molecule has 0 aliphatic heterocycles. The first-order valence-electron chi connectivity index (χ1n) is 9.30. The van der Waals surface area contributed by atoms with E-state index in [2.05, 4.69) is 34.6 Å². The van der Waals surface area contributed by atoms with Crippen molar-refractivity contribution in [2.75, 3.05) is 7.05 Å². The van der Waals surface area contributed by atoms with Crippen LogP contribution in [0.3, 0.4) is 0 Å². The van der Waals surface area contributed by atoms with Crippen molar-refractivity contribution in [1.82, 2.24) is 20.4 Å². The van der Waals surface area contributed by atoms with E-state index >= 15 is 0 Å². The van der Waals surface area contributed by atoms with Crippen LogP contribution in [0.15, 0.2) is 30.3 Å². The van der Waals surface area contributed by atoms with Crippen LogP contribution in [0.1, 0.15) is 61.2 Å². The van der Waals surface area contributed by atoms with Crippen LogP contribution >= 0.6 is 0 Å². The molecule has 1 unspecified atom stereocenters. The first kappa shape index (κ1) is 17.5. The Morgan fingerprint density at radius 2 is 2.00 bits per heavy atom.